The molecular formula is C29H33ClFN3O4S. The number of benzene rings is 3. The molecule has 1 atom stereocenters. The Morgan fingerprint density at radius 1 is 1.00 bits per heavy atom. The lowest BCUT2D eigenvalue weighted by atomic mass is 10.1. The number of hydrogen-bond donors (Lipinski definition) is 1. The molecule has 0 saturated heterocycles. The van der Waals surface area contributed by atoms with Gasteiger partial charge in [-0.15, -0.1) is 0 Å². The van der Waals surface area contributed by atoms with Crippen LogP contribution < -0.4 is 9.62 Å². The van der Waals surface area contributed by atoms with Crippen molar-refractivity contribution in [3.8, 4) is 0 Å². The van der Waals surface area contributed by atoms with Gasteiger partial charge < -0.3 is 10.2 Å². The van der Waals surface area contributed by atoms with E-state index in [0.29, 0.717) is 23.6 Å². The van der Waals surface area contributed by atoms with Gasteiger partial charge in [0, 0.05) is 23.7 Å². The molecule has 0 unspecified atom stereocenters. The molecule has 7 nitrogen and oxygen atoms in total. The third-order valence-corrected chi connectivity index (χ3v) is 8.59. The molecule has 0 fully saturated rings. The average molecular weight is 574 g/mol. The summed E-state index contributed by atoms with van der Waals surface area (Å²) in [5, 5.41) is 3.09. The quantitative estimate of drug-likeness (QED) is 0.340. The van der Waals surface area contributed by atoms with Crippen LogP contribution in [0.2, 0.25) is 5.02 Å². The predicted molar refractivity (Wildman–Crippen MR) is 152 cm³/mol. The number of anilines is 1. The summed E-state index contributed by atoms with van der Waals surface area (Å²) in [4.78, 5) is 27.9. The maximum atomic E-state index is 14.6. The topological polar surface area (TPSA) is 86.8 Å². The van der Waals surface area contributed by atoms with Gasteiger partial charge in [0.2, 0.25) is 11.8 Å². The van der Waals surface area contributed by atoms with Crippen LogP contribution in [0.3, 0.4) is 0 Å². The van der Waals surface area contributed by atoms with Gasteiger partial charge in [0.1, 0.15) is 18.4 Å². The van der Waals surface area contributed by atoms with Crippen molar-refractivity contribution < 1.29 is 22.4 Å². The number of carbonyl (C=O) groups is 2. The normalized spacial score (nSPS) is 12.1. The number of hydrogen-bond acceptors (Lipinski definition) is 4. The van der Waals surface area contributed by atoms with Gasteiger partial charge >= 0.3 is 0 Å². The Bertz CT molecular complexity index is 1430. The number of amides is 2. The van der Waals surface area contributed by atoms with Crippen LogP contribution in [-0.2, 0) is 26.2 Å². The zero-order chi connectivity index (χ0) is 28.7. The van der Waals surface area contributed by atoms with E-state index in [0.717, 1.165) is 9.87 Å². The number of sulfonamides is 1. The Kier molecular flexibility index (Phi) is 10.1. The molecule has 39 heavy (non-hydrogen) atoms. The minimum Gasteiger partial charge on any atom is -0.354 e. The first kappa shape index (κ1) is 30.1. The van der Waals surface area contributed by atoms with Crippen LogP contribution in [-0.4, -0.2) is 44.3 Å². The van der Waals surface area contributed by atoms with Gasteiger partial charge in [-0.25, -0.2) is 12.8 Å². The van der Waals surface area contributed by atoms with Crippen molar-refractivity contribution in [2.24, 2.45) is 0 Å². The maximum absolute atomic E-state index is 14.6. The summed E-state index contributed by atoms with van der Waals surface area (Å²) >= 11 is 6.33. The molecule has 3 rings (SSSR count). The van der Waals surface area contributed by atoms with Crippen LogP contribution in [0.25, 0.3) is 0 Å². The molecule has 0 bridgehead atoms. The molecule has 208 valence electrons. The molecule has 0 saturated carbocycles. The van der Waals surface area contributed by atoms with E-state index in [4.69, 9.17) is 11.6 Å². The first-order valence-corrected chi connectivity index (χ1v) is 14.4. The van der Waals surface area contributed by atoms with Crippen LogP contribution in [0, 0.1) is 19.7 Å². The number of rotatable bonds is 11. The predicted octanol–water partition coefficient (Wildman–Crippen LogP) is 5.23. The van der Waals surface area contributed by atoms with Gasteiger partial charge in [-0.2, -0.15) is 0 Å². The van der Waals surface area contributed by atoms with Crippen molar-refractivity contribution in [3.63, 3.8) is 0 Å². The molecule has 2 amide bonds. The summed E-state index contributed by atoms with van der Waals surface area (Å²) in [5.74, 6) is -1.63. The van der Waals surface area contributed by atoms with Crippen molar-refractivity contribution in [2.45, 2.75) is 51.6 Å². The lowest BCUT2D eigenvalue weighted by Gasteiger charge is -2.32. The third kappa shape index (κ3) is 7.16. The van der Waals surface area contributed by atoms with Gasteiger partial charge in [0.05, 0.1) is 10.6 Å². The standard InChI is InChI=1S/C29H33ClFN3O4S/c1-5-17-32-29(36)22(4)33(18-23-9-6-7-11-26(23)31)28(35)19-34(27-12-8-10-25(30)21(27)3)39(37,38)24-15-13-20(2)14-16-24/h6-16,22H,5,17-19H2,1-4H3,(H,32,36)/t22-/m1/s1. The van der Waals surface area contributed by atoms with E-state index < -0.39 is 40.2 Å². The highest BCUT2D eigenvalue weighted by Gasteiger charge is 2.33. The van der Waals surface area contributed by atoms with Crippen molar-refractivity contribution in [3.05, 3.63) is 94.3 Å². The Balaban J connectivity index is 2.07. The zero-order valence-corrected chi connectivity index (χ0v) is 24.0. The highest BCUT2D eigenvalue weighted by atomic mass is 35.5. The number of halogens is 2. The fraction of sp³-hybridized carbons (Fsp3) is 0.310. The van der Waals surface area contributed by atoms with Crippen molar-refractivity contribution in [1.29, 1.82) is 0 Å². The van der Waals surface area contributed by atoms with Gasteiger partial charge in [-0.1, -0.05) is 60.5 Å². The van der Waals surface area contributed by atoms with Crippen LogP contribution in [0.5, 0.6) is 0 Å². The Morgan fingerprint density at radius 3 is 2.31 bits per heavy atom. The molecule has 3 aromatic carbocycles. The van der Waals surface area contributed by atoms with Crippen molar-refractivity contribution >= 4 is 39.1 Å². The molecule has 0 aliphatic carbocycles. The highest BCUT2D eigenvalue weighted by Crippen LogP contribution is 2.31. The fourth-order valence-electron chi connectivity index (χ4n) is 4.01. The van der Waals surface area contributed by atoms with E-state index in [-0.39, 0.29) is 22.7 Å². The molecule has 3 aromatic rings. The molecule has 0 heterocycles. The van der Waals surface area contributed by atoms with E-state index in [1.165, 1.54) is 42.2 Å². The smallest absolute Gasteiger partial charge is 0.264 e. The second-order valence-electron chi connectivity index (χ2n) is 9.29. The summed E-state index contributed by atoms with van der Waals surface area (Å²) in [7, 11) is -4.23. The lowest BCUT2D eigenvalue weighted by molar-refractivity contribution is -0.139. The number of carbonyl (C=O) groups excluding carboxylic acids is 2. The van der Waals surface area contributed by atoms with Gasteiger partial charge in [0.15, 0.2) is 0 Å². The number of aryl methyl sites for hydroxylation is 1. The first-order chi connectivity index (χ1) is 18.5. The largest absolute Gasteiger partial charge is 0.354 e. The molecule has 10 heteroatoms. The van der Waals surface area contributed by atoms with Crippen LogP contribution in [0.15, 0.2) is 71.6 Å². The first-order valence-electron chi connectivity index (χ1n) is 12.6. The second kappa shape index (κ2) is 13.1. The maximum Gasteiger partial charge on any atom is 0.264 e. The molecule has 0 aliphatic heterocycles. The molecule has 0 spiro atoms. The van der Waals surface area contributed by atoms with E-state index in [1.807, 2.05) is 13.8 Å². The Morgan fingerprint density at radius 2 is 1.67 bits per heavy atom. The average Bonchev–Trinajstić information content (AvgIpc) is 2.91. The molecule has 0 radical (unpaired) electrons. The van der Waals surface area contributed by atoms with Gasteiger partial charge in [-0.3, -0.25) is 13.9 Å². The summed E-state index contributed by atoms with van der Waals surface area (Å²) in [6, 6.07) is 16.0. The third-order valence-electron chi connectivity index (χ3n) is 6.41. The summed E-state index contributed by atoms with van der Waals surface area (Å²) in [5.41, 5.74) is 1.77. The zero-order valence-electron chi connectivity index (χ0n) is 22.4. The Hall–Kier alpha value is -3.43. The van der Waals surface area contributed by atoms with Crippen LogP contribution in [0.1, 0.15) is 37.0 Å². The summed E-state index contributed by atoms with van der Waals surface area (Å²) < 4.78 is 43.4. The van der Waals surface area contributed by atoms with E-state index in [2.05, 4.69) is 5.32 Å². The molecule has 1 N–H and O–H groups in total. The van der Waals surface area contributed by atoms with Gasteiger partial charge in [0.25, 0.3) is 10.0 Å². The van der Waals surface area contributed by atoms with Crippen LogP contribution in [0.4, 0.5) is 10.1 Å². The highest BCUT2D eigenvalue weighted by molar-refractivity contribution is 7.92. The van der Waals surface area contributed by atoms with Crippen LogP contribution >= 0.6 is 11.6 Å². The van der Waals surface area contributed by atoms with E-state index in [1.54, 1.807) is 43.3 Å². The fourth-order valence-corrected chi connectivity index (χ4v) is 5.65. The molecular weight excluding hydrogens is 541 g/mol. The minimum absolute atomic E-state index is 0.00494. The minimum atomic E-state index is -4.23. The Labute approximate surface area is 234 Å². The number of nitrogens with zero attached hydrogens (tertiary/aromatic N) is 2. The molecule has 0 aromatic heterocycles. The van der Waals surface area contributed by atoms with Crippen molar-refractivity contribution in [2.75, 3.05) is 17.4 Å². The molecule has 0 aliphatic rings. The summed E-state index contributed by atoms with van der Waals surface area (Å²) in [6.45, 7) is 6.49. The lowest BCUT2D eigenvalue weighted by Crippen LogP contribution is -2.51. The SMILES string of the molecule is CCCNC(=O)[C@@H](C)N(Cc1ccccc1F)C(=O)CN(c1cccc(Cl)c1C)S(=O)(=O)c1ccc(C)cc1. The summed E-state index contributed by atoms with van der Waals surface area (Å²) in [6.07, 6.45) is 0.691. The van der Waals surface area contributed by atoms with Crippen molar-refractivity contribution in [1.82, 2.24) is 10.2 Å². The number of nitrogens with one attached hydrogen (secondary N) is 1. The van der Waals surface area contributed by atoms with E-state index >= 15 is 0 Å². The monoisotopic (exact) mass is 573 g/mol. The second-order valence-corrected chi connectivity index (χ2v) is 11.6. The van der Waals surface area contributed by atoms with E-state index in [9.17, 15) is 22.4 Å². The van der Waals surface area contributed by atoms with Gasteiger partial charge in [-0.05, 0) is 63.1 Å².